The number of carbonyl (C=O) groups is 1. The van der Waals surface area contributed by atoms with Gasteiger partial charge in [-0.05, 0) is 31.0 Å². The Bertz CT molecular complexity index is 671. The Labute approximate surface area is 134 Å². The second-order valence-corrected chi connectivity index (χ2v) is 6.07. The normalized spacial score (nSPS) is 21.5. The molecule has 6 heteroatoms. The summed E-state index contributed by atoms with van der Waals surface area (Å²) < 4.78 is 5.17. The summed E-state index contributed by atoms with van der Waals surface area (Å²) in [6.45, 7) is 3.92. The molecule has 1 aromatic carbocycles. The summed E-state index contributed by atoms with van der Waals surface area (Å²) >= 11 is 5.96. The Morgan fingerprint density at radius 1 is 1.45 bits per heavy atom. The second kappa shape index (κ2) is 6.50. The Balaban J connectivity index is 1.71. The topological polar surface area (TPSA) is 67.2 Å². The summed E-state index contributed by atoms with van der Waals surface area (Å²) in [4.78, 5) is 12.3. The van der Waals surface area contributed by atoms with E-state index in [0.717, 1.165) is 25.1 Å². The number of nitrogens with one attached hydrogen (secondary N) is 2. The molecular formula is C16H18ClN3O2. The molecule has 22 heavy (non-hydrogen) atoms. The third-order valence-electron chi connectivity index (χ3n) is 4.00. The Kier molecular flexibility index (Phi) is 4.45. The van der Waals surface area contributed by atoms with Crippen LogP contribution in [0.25, 0.3) is 11.3 Å². The minimum atomic E-state index is -0.235. The molecule has 1 aliphatic heterocycles. The van der Waals surface area contributed by atoms with Gasteiger partial charge in [-0.2, -0.15) is 0 Å². The van der Waals surface area contributed by atoms with Crippen LogP contribution < -0.4 is 10.6 Å². The fraction of sp³-hybridized carbons (Fsp3) is 0.375. The van der Waals surface area contributed by atoms with Crippen molar-refractivity contribution < 1.29 is 9.32 Å². The van der Waals surface area contributed by atoms with Gasteiger partial charge in [0.15, 0.2) is 0 Å². The molecule has 3 rings (SSSR count). The van der Waals surface area contributed by atoms with Crippen molar-refractivity contribution >= 4 is 17.5 Å². The number of halogens is 1. The molecule has 0 saturated carbocycles. The fourth-order valence-corrected chi connectivity index (χ4v) is 2.78. The molecule has 0 aliphatic carbocycles. The van der Waals surface area contributed by atoms with Crippen LogP contribution in [0.1, 0.15) is 23.9 Å². The van der Waals surface area contributed by atoms with Crippen LogP contribution in [0.5, 0.6) is 0 Å². The first-order valence-corrected chi connectivity index (χ1v) is 7.75. The van der Waals surface area contributed by atoms with E-state index in [1.54, 1.807) is 18.2 Å². The van der Waals surface area contributed by atoms with Crippen molar-refractivity contribution in [3.05, 3.63) is 41.1 Å². The molecule has 1 amide bonds. The zero-order chi connectivity index (χ0) is 15.5. The quantitative estimate of drug-likeness (QED) is 0.913. The van der Waals surface area contributed by atoms with Gasteiger partial charge in [0.1, 0.15) is 5.69 Å². The Morgan fingerprint density at radius 2 is 2.32 bits per heavy atom. The number of nitrogens with zero attached hydrogens (tertiary/aromatic N) is 1. The highest BCUT2D eigenvalue weighted by atomic mass is 35.5. The largest absolute Gasteiger partial charge is 0.350 e. The van der Waals surface area contributed by atoms with Gasteiger partial charge in [-0.25, -0.2) is 0 Å². The molecule has 1 saturated heterocycles. The molecule has 116 valence electrons. The van der Waals surface area contributed by atoms with Crippen LogP contribution in [0.4, 0.5) is 0 Å². The van der Waals surface area contributed by atoms with Crippen molar-refractivity contribution in [1.82, 2.24) is 15.8 Å². The van der Waals surface area contributed by atoms with Crippen LogP contribution in [0.15, 0.2) is 34.9 Å². The highest BCUT2D eigenvalue weighted by molar-refractivity contribution is 6.30. The SMILES string of the molecule is CC1CCNCC1NC(=O)c1cc(-c2cccc(Cl)c2)no1. The highest BCUT2D eigenvalue weighted by Gasteiger charge is 2.24. The molecule has 2 heterocycles. The van der Waals surface area contributed by atoms with Crippen LogP contribution in [0.3, 0.4) is 0 Å². The standard InChI is InChI=1S/C16H18ClN3O2/c1-10-5-6-18-9-14(10)19-16(21)15-8-13(20-22-15)11-3-2-4-12(17)7-11/h2-4,7-8,10,14,18H,5-6,9H2,1H3,(H,19,21). The van der Waals surface area contributed by atoms with Crippen LogP contribution in [0.2, 0.25) is 5.02 Å². The Morgan fingerprint density at radius 3 is 3.09 bits per heavy atom. The van der Waals surface area contributed by atoms with Gasteiger partial charge in [-0.15, -0.1) is 0 Å². The summed E-state index contributed by atoms with van der Waals surface area (Å²) in [5.74, 6) is 0.426. The fourth-order valence-electron chi connectivity index (χ4n) is 2.59. The van der Waals surface area contributed by atoms with E-state index in [9.17, 15) is 4.79 Å². The zero-order valence-corrected chi connectivity index (χ0v) is 13.1. The predicted octanol–water partition coefficient (Wildman–Crippen LogP) is 2.72. The monoisotopic (exact) mass is 319 g/mol. The molecule has 1 aromatic heterocycles. The summed E-state index contributed by atoms with van der Waals surface area (Å²) in [5.41, 5.74) is 1.42. The number of rotatable bonds is 3. The first kappa shape index (κ1) is 15.1. The molecule has 2 aromatic rings. The van der Waals surface area contributed by atoms with Gasteiger partial charge in [0.25, 0.3) is 5.91 Å². The third kappa shape index (κ3) is 3.31. The zero-order valence-electron chi connectivity index (χ0n) is 12.3. The molecule has 0 bridgehead atoms. The minimum Gasteiger partial charge on any atom is -0.350 e. The van der Waals surface area contributed by atoms with Gasteiger partial charge in [0.05, 0.1) is 0 Å². The molecule has 0 radical (unpaired) electrons. The van der Waals surface area contributed by atoms with E-state index in [0.29, 0.717) is 16.6 Å². The van der Waals surface area contributed by atoms with E-state index >= 15 is 0 Å². The van der Waals surface area contributed by atoms with Crippen LogP contribution in [-0.2, 0) is 0 Å². The Hall–Kier alpha value is -1.85. The van der Waals surface area contributed by atoms with E-state index in [1.165, 1.54) is 0 Å². The first-order chi connectivity index (χ1) is 10.6. The molecule has 1 aliphatic rings. The molecule has 2 unspecified atom stereocenters. The number of carbonyl (C=O) groups excluding carboxylic acids is 1. The lowest BCUT2D eigenvalue weighted by Crippen LogP contribution is -2.50. The average molecular weight is 320 g/mol. The average Bonchev–Trinajstić information content (AvgIpc) is 2.99. The molecular weight excluding hydrogens is 302 g/mol. The minimum absolute atomic E-state index is 0.112. The smallest absolute Gasteiger partial charge is 0.290 e. The van der Waals surface area contributed by atoms with E-state index in [1.807, 2.05) is 12.1 Å². The molecule has 5 nitrogen and oxygen atoms in total. The van der Waals surface area contributed by atoms with Crippen LogP contribution >= 0.6 is 11.6 Å². The number of piperidine rings is 1. The van der Waals surface area contributed by atoms with Crippen molar-refractivity contribution in [2.24, 2.45) is 5.92 Å². The summed E-state index contributed by atoms with van der Waals surface area (Å²) in [6, 6.07) is 9.04. The summed E-state index contributed by atoms with van der Waals surface area (Å²) in [7, 11) is 0. The maximum atomic E-state index is 12.3. The number of hydrogen-bond donors (Lipinski definition) is 2. The second-order valence-electron chi connectivity index (χ2n) is 5.64. The predicted molar refractivity (Wildman–Crippen MR) is 84.9 cm³/mol. The van der Waals surface area contributed by atoms with Crippen molar-refractivity contribution in [1.29, 1.82) is 0 Å². The van der Waals surface area contributed by atoms with Gasteiger partial charge in [0.2, 0.25) is 5.76 Å². The van der Waals surface area contributed by atoms with Gasteiger partial charge in [-0.3, -0.25) is 4.79 Å². The number of benzene rings is 1. The molecule has 2 atom stereocenters. The van der Waals surface area contributed by atoms with Crippen molar-refractivity contribution in [2.75, 3.05) is 13.1 Å². The van der Waals surface area contributed by atoms with Crippen molar-refractivity contribution in [3.63, 3.8) is 0 Å². The maximum Gasteiger partial charge on any atom is 0.290 e. The van der Waals surface area contributed by atoms with Crippen LogP contribution in [0, 0.1) is 5.92 Å². The number of aromatic nitrogens is 1. The lowest BCUT2D eigenvalue weighted by atomic mass is 9.95. The first-order valence-electron chi connectivity index (χ1n) is 7.38. The van der Waals surface area contributed by atoms with E-state index in [-0.39, 0.29) is 17.7 Å². The van der Waals surface area contributed by atoms with Gasteiger partial charge in [-0.1, -0.05) is 35.8 Å². The van der Waals surface area contributed by atoms with E-state index in [4.69, 9.17) is 16.1 Å². The molecule has 1 fully saturated rings. The maximum absolute atomic E-state index is 12.3. The van der Waals surface area contributed by atoms with Gasteiger partial charge >= 0.3 is 0 Å². The van der Waals surface area contributed by atoms with Gasteiger partial charge in [0, 0.05) is 29.2 Å². The van der Waals surface area contributed by atoms with Crippen LogP contribution in [-0.4, -0.2) is 30.2 Å². The summed E-state index contributed by atoms with van der Waals surface area (Å²) in [6.07, 6.45) is 1.05. The van der Waals surface area contributed by atoms with Crippen molar-refractivity contribution in [3.8, 4) is 11.3 Å². The van der Waals surface area contributed by atoms with E-state index in [2.05, 4.69) is 22.7 Å². The highest BCUT2D eigenvalue weighted by Crippen LogP contribution is 2.22. The number of hydrogen-bond acceptors (Lipinski definition) is 4. The van der Waals surface area contributed by atoms with Crippen molar-refractivity contribution in [2.45, 2.75) is 19.4 Å². The summed E-state index contributed by atoms with van der Waals surface area (Å²) in [5, 5.41) is 10.9. The molecule has 2 N–H and O–H groups in total. The lowest BCUT2D eigenvalue weighted by molar-refractivity contribution is 0.0878. The number of amides is 1. The van der Waals surface area contributed by atoms with E-state index < -0.39 is 0 Å². The lowest BCUT2D eigenvalue weighted by Gasteiger charge is -2.29. The van der Waals surface area contributed by atoms with Gasteiger partial charge < -0.3 is 15.2 Å². The molecule has 0 spiro atoms. The third-order valence-corrected chi connectivity index (χ3v) is 4.23.